The second kappa shape index (κ2) is 5.75. The Hall–Kier alpha value is -1.68. The molecule has 0 saturated heterocycles. The van der Waals surface area contributed by atoms with E-state index in [2.05, 4.69) is 39.9 Å². The lowest BCUT2D eigenvalue weighted by atomic mass is 9.94. The Morgan fingerprint density at radius 3 is 3.15 bits per heavy atom. The number of fused-ring (bicyclic) bond motifs is 1. The molecule has 0 radical (unpaired) electrons. The molecule has 4 nitrogen and oxygen atoms in total. The number of aryl methyl sites for hydroxylation is 2. The highest BCUT2D eigenvalue weighted by Crippen LogP contribution is 2.40. The van der Waals surface area contributed by atoms with E-state index in [0.717, 1.165) is 19.4 Å². The monoisotopic (exact) mass is 270 g/mol. The van der Waals surface area contributed by atoms with Gasteiger partial charge in [-0.2, -0.15) is 0 Å². The summed E-state index contributed by atoms with van der Waals surface area (Å²) in [5.74, 6) is 0.452. The van der Waals surface area contributed by atoms with Crippen LogP contribution in [-0.4, -0.2) is 21.1 Å². The lowest BCUT2D eigenvalue weighted by molar-refractivity contribution is 0.420. The van der Waals surface area contributed by atoms with Gasteiger partial charge in [-0.25, -0.2) is 4.98 Å². The molecule has 0 aliphatic heterocycles. The van der Waals surface area contributed by atoms with Crippen LogP contribution in [0.1, 0.15) is 48.7 Å². The second-order valence-corrected chi connectivity index (χ2v) is 5.55. The first-order chi connectivity index (χ1) is 9.81. The van der Waals surface area contributed by atoms with Crippen molar-refractivity contribution in [1.82, 2.24) is 19.9 Å². The first-order valence-corrected chi connectivity index (χ1v) is 7.44. The van der Waals surface area contributed by atoms with Crippen LogP contribution in [0.3, 0.4) is 0 Å². The van der Waals surface area contributed by atoms with Crippen molar-refractivity contribution in [1.29, 1.82) is 0 Å². The summed E-state index contributed by atoms with van der Waals surface area (Å²) in [5.41, 5.74) is 3.92. The van der Waals surface area contributed by atoms with Gasteiger partial charge < -0.3 is 9.88 Å². The predicted octanol–water partition coefficient (Wildman–Crippen LogP) is 2.59. The number of hydrogen-bond acceptors (Lipinski definition) is 3. The van der Waals surface area contributed by atoms with Gasteiger partial charge in [-0.1, -0.05) is 13.0 Å². The average molecular weight is 270 g/mol. The minimum absolute atomic E-state index is 0.304. The second-order valence-electron chi connectivity index (χ2n) is 5.55. The van der Waals surface area contributed by atoms with Gasteiger partial charge in [0.25, 0.3) is 0 Å². The van der Waals surface area contributed by atoms with Crippen molar-refractivity contribution in [3.8, 4) is 0 Å². The number of nitrogens with one attached hydrogen (secondary N) is 1. The zero-order valence-electron chi connectivity index (χ0n) is 12.2. The Labute approximate surface area is 120 Å². The first-order valence-electron chi connectivity index (χ1n) is 7.44. The normalized spacial score (nSPS) is 19.0. The zero-order chi connectivity index (χ0) is 13.9. The Bertz CT molecular complexity index is 575. The van der Waals surface area contributed by atoms with Gasteiger partial charge >= 0.3 is 0 Å². The fraction of sp³-hybridized carbons (Fsp3) is 0.500. The van der Waals surface area contributed by atoms with Crippen LogP contribution in [0.5, 0.6) is 0 Å². The maximum Gasteiger partial charge on any atom is 0.0946 e. The van der Waals surface area contributed by atoms with Gasteiger partial charge in [0.05, 0.1) is 18.1 Å². The molecule has 3 rings (SSSR count). The van der Waals surface area contributed by atoms with Crippen molar-refractivity contribution < 1.29 is 0 Å². The van der Waals surface area contributed by atoms with Gasteiger partial charge in [-0.15, -0.1) is 0 Å². The van der Waals surface area contributed by atoms with Crippen LogP contribution in [0.25, 0.3) is 0 Å². The minimum atomic E-state index is 0.304. The number of aromatic nitrogens is 3. The Morgan fingerprint density at radius 1 is 1.50 bits per heavy atom. The highest BCUT2D eigenvalue weighted by atomic mass is 15.1. The van der Waals surface area contributed by atoms with Crippen molar-refractivity contribution in [2.75, 3.05) is 6.54 Å². The summed E-state index contributed by atoms with van der Waals surface area (Å²) in [6.45, 7) is 3.22. The maximum absolute atomic E-state index is 4.64. The van der Waals surface area contributed by atoms with E-state index in [1.807, 2.05) is 24.8 Å². The van der Waals surface area contributed by atoms with E-state index >= 15 is 0 Å². The third-order valence-electron chi connectivity index (χ3n) is 4.19. The van der Waals surface area contributed by atoms with E-state index in [1.54, 1.807) is 0 Å². The van der Waals surface area contributed by atoms with Crippen LogP contribution in [0, 0.1) is 0 Å². The summed E-state index contributed by atoms with van der Waals surface area (Å²) in [6, 6.07) is 4.56. The van der Waals surface area contributed by atoms with Gasteiger partial charge in [-0.05, 0) is 37.4 Å². The van der Waals surface area contributed by atoms with Crippen LogP contribution in [-0.2, 0) is 13.5 Å². The molecule has 2 aromatic heterocycles. The minimum Gasteiger partial charge on any atom is -0.336 e. The Kier molecular flexibility index (Phi) is 3.83. The van der Waals surface area contributed by atoms with Gasteiger partial charge in [0.1, 0.15) is 0 Å². The number of imidazole rings is 1. The summed E-state index contributed by atoms with van der Waals surface area (Å²) in [4.78, 5) is 8.92. The number of pyridine rings is 1. The molecule has 1 aliphatic rings. The number of rotatable bonds is 5. The van der Waals surface area contributed by atoms with E-state index in [-0.39, 0.29) is 0 Å². The molecule has 106 valence electrons. The molecule has 1 aliphatic carbocycles. The van der Waals surface area contributed by atoms with E-state index in [4.69, 9.17) is 0 Å². The largest absolute Gasteiger partial charge is 0.336 e. The lowest BCUT2D eigenvalue weighted by Gasteiger charge is -2.25. The molecule has 2 atom stereocenters. The Morgan fingerprint density at radius 2 is 2.40 bits per heavy atom. The van der Waals surface area contributed by atoms with Crippen molar-refractivity contribution in [3.05, 3.63) is 47.8 Å². The van der Waals surface area contributed by atoms with Crippen LogP contribution in [0.4, 0.5) is 0 Å². The molecule has 0 aromatic carbocycles. The van der Waals surface area contributed by atoms with Crippen LogP contribution >= 0.6 is 0 Å². The number of nitrogens with zero attached hydrogens (tertiary/aromatic N) is 3. The van der Waals surface area contributed by atoms with Gasteiger partial charge in [0.2, 0.25) is 0 Å². The molecule has 2 heterocycles. The van der Waals surface area contributed by atoms with E-state index in [1.165, 1.54) is 23.4 Å². The third kappa shape index (κ3) is 2.36. The highest BCUT2D eigenvalue weighted by molar-refractivity contribution is 5.31. The van der Waals surface area contributed by atoms with E-state index < -0.39 is 0 Å². The average Bonchev–Trinajstić information content (AvgIpc) is 3.07. The number of hydrogen-bond donors (Lipinski definition) is 1. The summed E-state index contributed by atoms with van der Waals surface area (Å²) in [5, 5.41) is 3.69. The fourth-order valence-electron chi connectivity index (χ4n) is 3.19. The highest BCUT2D eigenvalue weighted by Gasteiger charge is 2.32. The maximum atomic E-state index is 4.64. The Balaban J connectivity index is 1.93. The van der Waals surface area contributed by atoms with Crippen molar-refractivity contribution in [2.24, 2.45) is 7.05 Å². The van der Waals surface area contributed by atoms with Gasteiger partial charge in [-0.3, -0.25) is 4.98 Å². The van der Waals surface area contributed by atoms with Crippen LogP contribution in [0.2, 0.25) is 0 Å². The predicted molar refractivity (Wildman–Crippen MR) is 79.5 cm³/mol. The standard InChI is InChI=1S/C16H22N4/c1-3-8-18-16(14-10-17-11-20(14)2)13-7-6-12-5-4-9-19-15(12)13/h4-5,9-11,13,16,18H,3,6-8H2,1-2H3. The molecule has 0 fully saturated rings. The van der Waals surface area contributed by atoms with Crippen LogP contribution in [0.15, 0.2) is 30.9 Å². The lowest BCUT2D eigenvalue weighted by Crippen LogP contribution is -2.29. The molecule has 0 spiro atoms. The van der Waals surface area contributed by atoms with Crippen molar-refractivity contribution in [3.63, 3.8) is 0 Å². The molecule has 4 heteroatoms. The first kappa shape index (κ1) is 13.3. The third-order valence-corrected chi connectivity index (χ3v) is 4.19. The summed E-state index contributed by atoms with van der Waals surface area (Å²) in [7, 11) is 2.07. The van der Waals surface area contributed by atoms with Crippen LogP contribution < -0.4 is 5.32 Å². The van der Waals surface area contributed by atoms with Crippen molar-refractivity contribution >= 4 is 0 Å². The molecule has 0 saturated carbocycles. The van der Waals surface area contributed by atoms with Crippen molar-refractivity contribution in [2.45, 2.75) is 38.1 Å². The SMILES string of the molecule is CCCNC(c1cncn1C)C1CCc2cccnc21. The topological polar surface area (TPSA) is 42.7 Å². The summed E-state index contributed by atoms with van der Waals surface area (Å²) < 4.78 is 2.12. The summed E-state index contributed by atoms with van der Waals surface area (Å²) >= 11 is 0. The molecule has 20 heavy (non-hydrogen) atoms. The van der Waals surface area contributed by atoms with Gasteiger partial charge in [0.15, 0.2) is 0 Å². The molecular formula is C16H22N4. The molecule has 0 bridgehead atoms. The smallest absolute Gasteiger partial charge is 0.0946 e. The molecule has 2 unspecified atom stereocenters. The fourth-order valence-corrected chi connectivity index (χ4v) is 3.19. The molecule has 0 amide bonds. The zero-order valence-corrected chi connectivity index (χ0v) is 12.2. The summed E-state index contributed by atoms with van der Waals surface area (Å²) in [6.07, 6.45) is 9.21. The van der Waals surface area contributed by atoms with E-state index in [9.17, 15) is 0 Å². The quantitative estimate of drug-likeness (QED) is 0.908. The van der Waals surface area contributed by atoms with Gasteiger partial charge in [0, 0.05) is 31.1 Å². The van der Waals surface area contributed by atoms with E-state index in [0.29, 0.717) is 12.0 Å². The molecule has 2 aromatic rings. The molecular weight excluding hydrogens is 248 g/mol. The molecule has 1 N–H and O–H groups in total.